The van der Waals surface area contributed by atoms with Crippen LogP contribution in [-0.4, -0.2) is 9.97 Å². The Kier molecular flexibility index (Phi) is 6.80. The zero-order chi connectivity index (χ0) is 36.0. The molecule has 11 rings (SSSR count). The molecule has 54 heavy (non-hydrogen) atoms. The number of aromatic nitrogens is 2. The van der Waals surface area contributed by atoms with Crippen LogP contribution in [0.2, 0.25) is 0 Å². The number of benzene rings is 8. The van der Waals surface area contributed by atoms with Crippen molar-refractivity contribution in [2.75, 3.05) is 0 Å². The van der Waals surface area contributed by atoms with Crippen molar-refractivity contribution < 1.29 is 0 Å². The predicted molar refractivity (Wildman–Crippen MR) is 229 cm³/mol. The van der Waals surface area contributed by atoms with E-state index in [4.69, 9.17) is 9.97 Å². The normalized spacial score (nSPS) is 13.1. The summed E-state index contributed by atoms with van der Waals surface area (Å²) < 4.78 is 2.58. The number of nitrogens with zero attached hydrogens (tertiary/aromatic N) is 2. The van der Waals surface area contributed by atoms with Gasteiger partial charge in [0.05, 0.1) is 11.4 Å². The molecule has 0 aliphatic heterocycles. The van der Waals surface area contributed by atoms with E-state index in [2.05, 4.69) is 184 Å². The van der Waals surface area contributed by atoms with Gasteiger partial charge in [0.1, 0.15) is 0 Å². The van der Waals surface area contributed by atoms with Crippen molar-refractivity contribution in [3.05, 3.63) is 181 Å². The minimum Gasteiger partial charge on any atom is -0.228 e. The third-order valence-electron chi connectivity index (χ3n) is 11.5. The van der Waals surface area contributed by atoms with Crippen LogP contribution in [-0.2, 0) is 5.41 Å². The van der Waals surface area contributed by atoms with Crippen molar-refractivity contribution in [3.63, 3.8) is 0 Å². The number of hydrogen-bond acceptors (Lipinski definition) is 3. The molecule has 0 spiro atoms. The second kappa shape index (κ2) is 11.8. The summed E-state index contributed by atoms with van der Waals surface area (Å²) in [6, 6.07) is 61.7. The van der Waals surface area contributed by atoms with Crippen LogP contribution in [0, 0.1) is 0 Å². The Morgan fingerprint density at radius 1 is 0.407 bits per heavy atom. The van der Waals surface area contributed by atoms with Gasteiger partial charge in [0.25, 0.3) is 0 Å². The van der Waals surface area contributed by atoms with E-state index >= 15 is 0 Å². The Balaban J connectivity index is 1.08. The van der Waals surface area contributed by atoms with E-state index in [-0.39, 0.29) is 5.41 Å². The summed E-state index contributed by atoms with van der Waals surface area (Å²) >= 11 is 1.84. The summed E-state index contributed by atoms with van der Waals surface area (Å²) in [7, 11) is 0. The van der Waals surface area contributed by atoms with Gasteiger partial charge in [0, 0.05) is 42.3 Å². The molecule has 0 amide bonds. The summed E-state index contributed by atoms with van der Waals surface area (Å²) in [6.45, 7) is 4.73. The lowest BCUT2D eigenvalue weighted by Gasteiger charge is -2.22. The molecule has 0 bridgehead atoms. The quantitative estimate of drug-likeness (QED) is 0.182. The van der Waals surface area contributed by atoms with E-state index in [1.807, 2.05) is 11.3 Å². The molecule has 0 radical (unpaired) electrons. The molecule has 0 saturated heterocycles. The van der Waals surface area contributed by atoms with Gasteiger partial charge in [-0.1, -0.05) is 147 Å². The molecule has 1 aliphatic rings. The minimum atomic E-state index is -0.110. The van der Waals surface area contributed by atoms with Gasteiger partial charge in [-0.2, -0.15) is 0 Å². The highest BCUT2D eigenvalue weighted by atomic mass is 32.1. The summed E-state index contributed by atoms with van der Waals surface area (Å²) in [6.07, 6.45) is 0. The SMILES string of the molecule is CC1(C)c2cc(-c3ccc(-c4nc(-c5ccccc5)cc(-c5ccc6sc7ccccc7c6c5)n4)c4ccccc34)ccc2-c2c1ccc1ccccc21. The molecule has 3 heteroatoms. The Bertz CT molecular complexity index is 3130. The molecule has 254 valence electrons. The molecule has 2 heterocycles. The Morgan fingerprint density at radius 2 is 1.04 bits per heavy atom. The van der Waals surface area contributed by atoms with Gasteiger partial charge in [-0.25, -0.2) is 9.97 Å². The third-order valence-corrected chi connectivity index (χ3v) is 12.7. The first-order valence-corrected chi connectivity index (χ1v) is 19.4. The molecular weight excluding hydrogens is 673 g/mol. The van der Waals surface area contributed by atoms with Gasteiger partial charge in [-0.05, 0) is 91.3 Å². The summed E-state index contributed by atoms with van der Waals surface area (Å²) in [5.41, 5.74) is 12.8. The van der Waals surface area contributed by atoms with Crippen molar-refractivity contribution >= 4 is 53.1 Å². The molecule has 1 aliphatic carbocycles. The van der Waals surface area contributed by atoms with Crippen LogP contribution in [0.4, 0.5) is 0 Å². The van der Waals surface area contributed by atoms with Crippen molar-refractivity contribution in [1.29, 1.82) is 0 Å². The minimum absolute atomic E-state index is 0.110. The highest BCUT2D eigenvalue weighted by molar-refractivity contribution is 7.25. The Morgan fingerprint density at radius 3 is 1.87 bits per heavy atom. The second-order valence-electron chi connectivity index (χ2n) is 14.9. The van der Waals surface area contributed by atoms with Crippen molar-refractivity contribution in [2.24, 2.45) is 0 Å². The maximum atomic E-state index is 5.33. The van der Waals surface area contributed by atoms with Crippen LogP contribution in [0.5, 0.6) is 0 Å². The molecule has 0 saturated carbocycles. The lowest BCUT2D eigenvalue weighted by atomic mass is 9.81. The zero-order valence-corrected chi connectivity index (χ0v) is 30.8. The van der Waals surface area contributed by atoms with Crippen LogP contribution in [0.1, 0.15) is 25.0 Å². The molecule has 0 atom stereocenters. The molecule has 2 aromatic heterocycles. The summed E-state index contributed by atoms with van der Waals surface area (Å²) in [5, 5.41) is 7.48. The van der Waals surface area contributed by atoms with E-state index < -0.39 is 0 Å². The molecular formula is C51H34N2S. The topological polar surface area (TPSA) is 25.8 Å². The number of fused-ring (bicyclic) bond motifs is 9. The molecule has 0 unspecified atom stereocenters. The smallest absolute Gasteiger partial charge is 0.161 e. The van der Waals surface area contributed by atoms with Gasteiger partial charge in [-0.15, -0.1) is 11.3 Å². The number of hydrogen-bond donors (Lipinski definition) is 0. The van der Waals surface area contributed by atoms with E-state index in [1.54, 1.807) is 0 Å². The highest BCUT2D eigenvalue weighted by Crippen LogP contribution is 2.52. The zero-order valence-electron chi connectivity index (χ0n) is 30.0. The van der Waals surface area contributed by atoms with Gasteiger partial charge < -0.3 is 0 Å². The fourth-order valence-corrected chi connectivity index (χ4v) is 9.86. The van der Waals surface area contributed by atoms with E-state index in [9.17, 15) is 0 Å². The molecule has 0 fully saturated rings. The van der Waals surface area contributed by atoms with Crippen LogP contribution < -0.4 is 0 Å². The van der Waals surface area contributed by atoms with Crippen LogP contribution >= 0.6 is 11.3 Å². The Labute approximate surface area is 318 Å². The Hall–Kier alpha value is -6.42. The highest BCUT2D eigenvalue weighted by Gasteiger charge is 2.36. The molecule has 10 aromatic rings. The molecule has 0 N–H and O–H groups in total. The van der Waals surface area contributed by atoms with E-state index in [0.717, 1.165) is 39.3 Å². The standard InChI is InChI=1S/C51H34N2S/c1-51(2)43-26-21-31-12-6-7-15-36(31)49(43)41-23-20-33(29-44(41)51)35-24-25-40(38-17-9-8-16-37(35)38)50-52-45(32-13-4-3-5-14-32)30-46(53-50)34-22-27-48-42(28-34)39-18-10-11-19-47(39)54-48/h3-30H,1-2H3. The molecule has 8 aromatic carbocycles. The number of rotatable bonds is 4. The third kappa shape index (κ3) is 4.72. The van der Waals surface area contributed by atoms with Crippen molar-refractivity contribution in [2.45, 2.75) is 19.3 Å². The van der Waals surface area contributed by atoms with Crippen molar-refractivity contribution in [3.8, 4) is 56.2 Å². The van der Waals surface area contributed by atoms with Crippen LogP contribution in [0.25, 0.3) is 97.9 Å². The fraction of sp³-hybridized carbons (Fsp3) is 0.0588. The van der Waals surface area contributed by atoms with Gasteiger partial charge in [0.15, 0.2) is 5.82 Å². The van der Waals surface area contributed by atoms with Crippen molar-refractivity contribution in [1.82, 2.24) is 9.97 Å². The summed E-state index contributed by atoms with van der Waals surface area (Å²) in [5.74, 6) is 0.724. The van der Waals surface area contributed by atoms with E-state index in [1.165, 1.54) is 69.7 Å². The lowest BCUT2D eigenvalue weighted by Crippen LogP contribution is -2.15. The average Bonchev–Trinajstić information content (AvgIpc) is 3.71. The van der Waals surface area contributed by atoms with Gasteiger partial charge in [-0.3, -0.25) is 0 Å². The first kappa shape index (κ1) is 31.1. The second-order valence-corrected chi connectivity index (χ2v) is 16.0. The maximum absolute atomic E-state index is 5.33. The largest absolute Gasteiger partial charge is 0.228 e. The lowest BCUT2D eigenvalue weighted by molar-refractivity contribution is 0.661. The van der Waals surface area contributed by atoms with Crippen LogP contribution in [0.15, 0.2) is 170 Å². The first-order valence-electron chi connectivity index (χ1n) is 18.6. The summed E-state index contributed by atoms with van der Waals surface area (Å²) in [4.78, 5) is 10.6. The molecule has 2 nitrogen and oxygen atoms in total. The average molecular weight is 707 g/mol. The van der Waals surface area contributed by atoms with Gasteiger partial charge in [0.2, 0.25) is 0 Å². The van der Waals surface area contributed by atoms with E-state index in [0.29, 0.717) is 0 Å². The maximum Gasteiger partial charge on any atom is 0.161 e. The van der Waals surface area contributed by atoms with Gasteiger partial charge >= 0.3 is 0 Å². The number of thiophene rings is 1. The predicted octanol–water partition coefficient (Wildman–Crippen LogP) is 14.1. The fourth-order valence-electron chi connectivity index (χ4n) is 8.78. The monoisotopic (exact) mass is 706 g/mol. The van der Waals surface area contributed by atoms with Crippen LogP contribution in [0.3, 0.4) is 0 Å². The first-order chi connectivity index (χ1) is 26.5.